The number of nitrogens with zero attached hydrogens (tertiary/aromatic N) is 2. The summed E-state index contributed by atoms with van der Waals surface area (Å²) in [6.45, 7) is 3.99. The fourth-order valence-electron chi connectivity index (χ4n) is 2.46. The highest BCUT2D eigenvalue weighted by molar-refractivity contribution is 5.51. The zero-order valence-corrected chi connectivity index (χ0v) is 10.6. The Labute approximate surface area is 107 Å². The van der Waals surface area contributed by atoms with Crippen molar-refractivity contribution in [3.63, 3.8) is 0 Å². The zero-order valence-electron chi connectivity index (χ0n) is 10.6. The van der Waals surface area contributed by atoms with Crippen molar-refractivity contribution in [3.05, 3.63) is 34.4 Å². The molecule has 0 amide bonds. The van der Waals surface area contributed by atoms with Crippen molar-refractivity contribution in [2.75, 3.05) is 18.0 Å². The maximum atomic E-state index is 10.6. The summed E-state index contributed by atoms with van der Waals surface area (Å²) >= 11 is 0. The number of non-ortho nitro benzene ring substituents is 1. The van der Waals surface area contributed by atoms with Gasteiger partial charge in [0.1, 0.15) is 0 Å². The molecule has 98 valence electrons. The van der Waals surface area contributed by atoms with Gasteiger partial charge in [0.05, 0.1) is 4.92 Å². The summed E-state index contributed by atoms with van der Waals surface area (Å²) in [7, 11) is 0. The number of benzene rings is 1. The van der Waals surface area contributed by atoms with Crippen LogP contribution in [-0.4, -0.2) is 24.1 Å². The molecule has 0 aliphatic carbocycles. The van der Waals surface area contributed by atoms with Gasteiger partial charge in [-0.3, -0.25) is 10.1 Å². The molecule has 2 atom stereocenters. The first-order valence-corrected chi connectivity index (χ1v) is 6.33. The van der Waals surface area contributed by atoms with Crippen LogP contribution in [0.15, 0.2) is 24.3 Å². The van der Waals surface area contributed by atoms with E-state index in [1.165, 1.54) is 6.42 Å². The zero-order chi connectivity index (χ0) is 13.1. The van der Waals surface area contributed by atoms with E-state index in [0.29, 0.717) is 5.92 Å². The first-order valence-electron chi connectivity index (χ1n) is 6.33. The Hall–Kier alpha value is -1.62. The van der Waals surface area contributed by atoms with Gasteiger partial charge in [0, 0.05) is 37.0 Å². The van der Waals surface area contributed by atoms with E-state index in [4.69, 9.17) is 5.73 Å². The van der Waals surface area contributed by atoms with E-state index in [1.54, 1.807) is 12.1 Å². The SMILES string of the molecule is CC(N)C1CCCN(c2ccc([N+](=O)[O-])cc2)C1. The van der Waals surface area contributed by atoms with Gasteiger partial charge in [-0.1, -0.05) is 0 Å². The smallest absolute Gasteiger partial charge is 0.269 e. The van der Waals surface area contributed by atoms with Gasteiger partial charge in [-0.2, -0.15) is 0 Å². The van der Waals surface area contributed by atoms with Crippen LogP contribution in [0.2, 0.25) is 0 Å². The van der Waals surface area contributed by atoms with Gasteiger partial charge in [-0.05, 0) is 37.8 Å². The van der Waals surface area contributed by atoms with Crippen LogP contribution in [0.3, 0.4) is 0 Å². The first kappa shape index (κ1) is 12.8. The third-order valence-electron chi connectivity index (χ3n) is 3.63. The summed E-state index contributed by atoms with van der Waals surface area (Å²) in [6.07, 6.45) is 2.30. The van der Waals surface area contributed by atoms with Crippen LogP contribution in [-0.2, 0) is 0 Å². The average Bonchev–Trinajstić information content (AvgIpc) is 2.39. The molecule has 18 heavy (non-hydrogen) atoms. The van der Waals surface area contributed by atoms with Crippen molar-refractivity contribution < 1.29 is 4.92 Å². The van der Waals surface area contributed by atoms with Crippen molar-refractivity contribution in [2.45, 2.75) is 25.8 Å². The molecule has 1 saturated heterocycles. The second-order valence-corrected chi connectivity index (χ2v) is 4.98. The topological polar surface area (TPSA) is 72.4 Å². The predicted octanol–water partition coefficient (Wildman–Crippen LogP) is 2.16. The number of rotatable bonds is 3. The summed E-state index contributed by atoms with van der Waals surface area (Å²) in [4.78, 5) is 12.5. The summed E-state index contributed by atoms with van der Waals surface area (Å²) in [5, 5.41) is 10.6. The number of hydrogen-bond donors (Lipinski definition) is 1. The van der Waals surface area contributed by atoms with E-state index in [2.05, 4.69) is 4.90 Å². The van der Waals surface area contributed by atoms with Crippen LogP contribution in [0.25, 0.3) is 0 Å². The molecular weight excluding hydrogens is 230 g/mol. The normalized spacial score (nSPS) is 21.7. The van der Waals surface area contributed by atoms with Gasteiger partial charge >= 0.3 is 0 Å². The Morgan fingerprint density at radius 3 is 2.67 bits per heavy atom. The maximum absolute atomic E-state index is 10.6. The van der Waals surface area contributed by atoms with Crippen molar-refractivity contribution in [3.8, 4) is 0 Å². The van der Waals surface area contributed by atoms with Crippen molar-refractivity contribution >= 4 is 11.4 Å². The van der Waals surface area contributed by atoms with E-state index in [9.17, 15) is 10.1 Å². The second-order valence-electron chi connectivity index (χ2n) is 4.98. The van der Waals surface area contributed by atoms with Crippen LogP contribution < -0.4 is 10.6 Å². The summed E-state index contributed by atoms with van der Waals surface area (Å²) < 4.78 is 0. The molecule has 5 heteroatoms. The molecule has 2 rings (SSSR count). The minimum Gasteiger partial charge on any atom is -0.371 e. The molecule has 1 aromatic carbocycles. The lowest BCUT2D eigenvalue weighted by atomic mass is 9.92. The van der Waals surface area contributed by atoms with E-state index in [1.807, 2.05) is 19.1 Å². The largest absolute Gasteiger partial charge is 0.371 e. The standard InChI is InChI=1S/C13H19N3O2/c1-10(14)11-3-2-8-15(9-11)12-4-6-13(7-5-12)16(17)18/h4-7,10-11H,2-3,8-9,14H2,1H3. The number of nitro benzene ring substituents is 1. The molecule has 0 aromatic heterocycles. The molecule has 0 radical (unpaired) electrons. The molecule has 2 unspecified atom stereocenters. The number of anilines is 1. The molecule has 1 aromatic rings. The highest BCUT2D eigenvalue weighted by Crippen LogP contribution is 2.26. The maximum Gasteiger partial charge on any atom is 0.269 e. The number of piperidine rings is 1. The fourth-order valence-corrected chi connectivity index (χ4v) is 2.46. The van der Waals surface area contributed by atoms with E-state index in [-0.39, 0.29) is 16.7 Å². The van der Waals surface area contributed by atoms with Crippen LogP contribution in [0.1, 0.15) is 19.8 Å². The molecule has 0 spiro atoms. The second kappa shape index (κ2) is 5.35. The molecule has 0 bridgehead atoms. The van der Waals surface area contributed by atoms with Gasteiger partial charge in [-0.15, -0.1) is 0 Å². The van der Waals surface area contributed by atoms with Crippen LogP contribution >= 0.6 is 0 Å². The van der Waals surface area contributed by atoms with Crippen LogP contribution in [0.4, 0.5) is 11.4 Å². The lowest BCUT2D eigenvalue weighted by molar-refractivity contribution is -0.384. The highest BCUT2D eigenvalue weighted by Gasteiger charge is 2.23. The Bertz CT molecular complexity index is 417. The average molecular weight is 249 g/mol. The molecule has 5 nitrogen and oxygen atoms in total. The quantitative estimate of drug-likeness (QED) is 0.658. The monoisotopic (exact) mass is 249 g/mol. The van der Waals surface area contributed by atoms with Gasteiger partial charge in [0.15, 0.2) is 0 Å². The van der Waals surface area contributed by atoms with E-state index in [0.717, 1.165) is 25.2 Å². The number of hydrogen-bond acceptors (Lipinski definition) is 4. The molecule has 1 aliphatic heterocycles. The highest BCUT2D eigenvalue weighted by atomic mass is 16.6. The summed E-state index contributed by atoms with van der Waals surface area (Å²) in [5.41, 5.74) is 7.14. The predicted molar refractivity (Wildman–Crippen MR) is 71.7 cm³/mol. The van der Waals surface area contributed by atoms with Gasteiger partial charge < -0.3 is 10.6 Å². The van der Waals surface area contributed by atoms with Crippen molar-refractivity contribution in [2.24, 2.45) is 11.7 Å². The minimum atomic E-state index is -0.370. The van der Waals surface area contributed by atoms with Gasteiger partial charge in [-0.25, -0.2) is 0 Å². The number of nitro groups is 1. The minimum absolute atomic E-state index is 0.138. The fraction of sp³-hybridized carbons (Fsp3) is 0.538. The Morgan fingerprint density at radius 1 is 1.44 bits per heavy atom. The third kappa shape index (κ3) is 2.79. The van der Waals surface area contributed by atoms with Gasteiger partial charge in [0.25, 0.3) is 5.69 Å². The third-order valence-corrected chi connectivity index (χ3v) is 3.63. The Morgan fingerprint density at radius 2 is 2.11 bits per heavy atom. The molecule has 1 fully saturated rings. The molecule has 2 N–H and O–H groups in total. The Balaban J connectivity index is 2.09. The van der Waals surface area contributed by atoms with Crippen molar-refractivity contribution in [1.82, 2.24) is 0 Å². The van der Waals surface area contributed by atoms with Crippen LogP contribution in [0.5, 0.6) is 0 Å². The lowest BCUT2D eigenvalue weighted by Gasteiger charge is -2.36. The van der Waals surface area contributed by atoms with Crippen LogP contribution in [0, 0.1) is 16.0 Å². The van der Waals surface area contributed by atoms with E-state index < -0.39 is 0 Å². The van der Waals surface area contributed by atoms with Crippen molar-refractivity contribution in [1.29, 1.82) is 0 Å². The van der Waals surface area contributed by atoms with E-state index >= 15 is 0 Å². The first-order chi connectivity index (χ1) is 8.58. The van der Waals surface area contributed by atoms with Gasteiger partial charge in [0.2, 0.25) is 0 Å². The Kier molecular flexibility index (Phi) is 3.81. The summed E-state index contributed by atoms with van der Waals surface area (Å²) in [5.74, 6) is 0.508. The molecular formula is C13H19N3O2. The summed E-state index contributed by atoms with van der Waals surface area (Å²) in [6, 6.07) is 6.96. The molecule has 1 heterocycles. The lowest BCUT2D eigenvalue weighted by Crippen LogP contribution is -2.42. The number of nitrogens with two attached hydrogens (primary N) is 1. The molecule has 1 aliphatic rings. The molecule has 0 saturated carbocycles.